The van der Waals surface area contributed by atoms with Gasteiger partial charge < -0.3 is 0 Å². The van der Waals surface area contributed by atoms with Crippen LogP contribution in [-0.2, 0) is 0 Å². The molecule has 0 fully saturated rings. The normalized spacial score (nSPS) is 12.5. The Morgan fingerprint density at radius 1 is 1.18 bits per heavy atom. The summed E-state index contributed by atoms with van der Waals surface area (Å²) in [7, 11) is 0. The van der Waals surface area contributed by atoms with Gasteiger partial charge in [0, 0.05) is 10.9 Å². The Kier molecular flexibility index (Phi) is 4.27. The van der Waals surface area contributed by atoms with Gasteiger partial charge in [0.2, 0.25) is 0 Å². The molecule has 0 saturated heterocycles. The lowest BCUT2D eigenvalue weighted by Gasteiger charge is -2.11. The first-order valence-corrected chi connectivity index (χ1v) is 8.78. The first-order valence-electron chi connectivity index (χ1n) is 7.02. The van der Waals surface area contributed by atoms with E-state index in [1.807, 2.05) is 43.5 Å². The molecular formula is C17H16N2OS2. The third-order valence-electron chi connectivity index (χ3n) is 3.67. The highest BCUT2D eigenvalue weighted by Gasteiger charge is 2.19. The number of hydrogen-bond acceptors (Lipinski definition) is 5. The summed E-state index contributed by atoms with van der Waals surface area (Å²) in [5.41, 5.74) is 3.11. The zero-order valence-corrected chi connectivity index (χ0v) is 14.3. The van der Waals surface area contributed by atoms with Crippen LogP contribution in [0.4, 0.5) is 0 Å². The fourth-order valence-corrected chi connectivity index (χ4v) is 3.99. The van der Waals surface area contributed by atoms with Crippen LogP contribution in [0.5, 0.6) is 0 Å². The minimum absolute atomic E-state index is 0.134. The molecule has 112 valence electrons. The van der Waals surface area contributed by atoms with E-state index < -0.39 is 0 Å². The van der Waals surface area contributed by atoms with Gasteiger partial charge in [0.15, 0.2) is 5.78 Å². The average molecular weight is 328 g/mol. The van der Waals surface area contributed by atoms with Crippen molar-refractivity contribution < 1.29 is 4.79 Å². The number of ketones is 1. The Morgan fingerprint density at radius 2 is 2.00 bits per heavy atom. The molecule has 1 aromatic carbocycles. The molecule has 0 aliphatic heterocycles. The first-order chi connectivity index (χ1) is 10.6. The number of hydrogen-bond donors (Lipinski definition) is 0. The Balaban J connectivity index is 1.84. The van der Waals surface area contributed by atoms with Crippen LogP contribution >= 0.6 is 23.1 Å². The van der Waals surface area contributed by atoms with Crippen LogP contribution in [0.15, 0.2) is 41.0 Å². The first kappa shape index (κ1) is 15.2. The van der Waals surface area contributed by atoms with E-state index in [2.05, 4.69) is 16.9 Å². The lowest BCUT2D eigenvalue weighted by molar-refractivity contribution is 0.0994. The molecule has 0 spiro atoms. The lowest BCUT2D eigenvalue weighted by atomic mass is 10.0. The van der Waals surface area contributed by atoms with E-state index in [1.54, 1.807) is 17.7 Å². The van der Waals surface area contributed by atoms with E-state index in [9.17, 15) is 4.79 Å². The highest BCUT2D eigenvalue weighted by atomic mass is 32.2. The molecule has 1 atom stereocenters. The Morgan fingerprint density at radius 3 is 2.77 bits per heavy atom. The average Bonchev–Trinajstić information content (AvgIpc) is 2.99. The van der Waals surface area contributed by atoms with E-state index in [-0.39, 0.29) is 11.0 Å². The number of carbonyl (C=O) groups is 1. The van der Waals surface area contributed by atoms with E-state index in [0.717, 1.165) is 26.4 Å². The van der Waals surface area contributed by atoms with Crippen LogP contribution in [0.25, 0.3) is 10.2 Å². The second-order valence-electron chi connectivity index (χ2n) is 5.24. The van der Waals surface area contributed by atoms with Crippen molar-refractivity contribution >= 4 is 39.1 Å². The van der Waals surface area contributed by atoms with Crippen molar-refractivity contribution in [2.24, 2.45) is 0 Å². The van der Waals surface area contributed by atoms with Crippen LogP contribution in [0.1, 0.15) is 28.4 Å². The van der Waals surface area contributed by atoms with Crippen LogP contribution in [0.3, 0.4) is 0 Å². The minimum Gasteiger partial charge on any atom is -0.293 e. The number of aryl methyl sites for hydroxylation is 2. The monoisotopic (exact) mass is 328 g/mol. The third-order valence-corrected chi connectivity index (χ3v) is 5.61. The van der Waals surface area contributed by atoms with E-state index >= 15 is 0 Å². The van der Waals surface area contributed by atoms with Gasteiger partial charge in [-0.15, -0.1) is 11.3 Å². The fraction of sp³-hybridized carbons (Fsp3) is 0.235. The molecule has 0 bridgehead atoms. The summed E-state index contributed by atoms with van der Waals surface area (Å²) in [6, 6.07) is 7.88. The van der Waals surface area contributed by atoms with Crippen LogP contribution in [0, 0.1) is 13.8 Å². The summed E-state index contributed by atoms with van der Waals surface area (Å²) in [6.07, 6.45) is 1.56. The zero-order chi connectivity index (χ0) is 15.7. The number of nitrogens with zero attached hydrogens (tertiary/aromatic N) is 2. The van der Waals surface area contributed by atoms with Crippen molar-refractivity contribution in [2.45, 2.75) is 31.0 Å². The maximum Gasteiger partial charge on any atom is 0.175 e. The third kappa shape index (κ3) is 2.91. The number of rotatable bonds is 4. The van der Waals surface area contributed by atoms with E-state index in [0.29, 0.717) is 0 Å². The van der Waals surface area contributed by atoms with Gasteiger partial charge in [-0.1, -0.05) is 23.9 Å². The van der Waals surface area contributed by atoms with Crippen molar-refractivity contribution in [1.29, 1.82) is 0 Å². The topological polar surface area (TPSA) is 42.9 Å². The van der Waals surface area contributed by atoms with Gasteiger partial charge in [-0.2, -0.15) is 0 Å². The molecule has 0 aliphatic rings. The molecule has 0 radical (unpaired) electrons. The zero-order valence-electron chi connectivity index (χ0n) is 12.7. The van der Waals surface area contributed by atoms with Gasteiger partial charge in [0.25, 0.3) is 0 Å². The predicted octanol–water partition coefficient (Wildman–Crippen LogP) is 4.67. The van der Waals surface area contributed by atoms with Crippen molar-refractivity contribution in [3.05, 3.63) is 52.7 Å². The number of benzene rings is 1. The van der Waals surface area contributed by atoms with Crippen molar-refractivity contribution in [1.82, 2.24) is 9.97 Å². The molecule has 22 heavy (non-hydrogen) atoms. The summed E-state index contributed by atoms with van der Waals surface area (Å²) >= 11 is 3.08. The van der Waals surface area contributed by atoms with Gasteiger partial charge in [-0.25, -0.2) is 9.97 Å². The molecule has 0 saturated carbocycles. The van der Waals surface area contributed by atoms with Gasteiger partial charge in [0.05, 0.1) is 5.25 Å². The summed E-state index contributed by atoms with van der Waals surface area (Å²) in [4.78, 5) is 22.2. The standard InChI is InChI=1S/C17H16N2OS2/c1-10-4-5-13(8-11(10)2)15(20)12(3)22-17-14-6-7-21-16(14)18-9-19-17/h4-9,12H,1-3H3. The van der Waals surface area contributed by atoms with Crippen molar-refractivity contribution in [3.8, 4) is 0 Å². The number of aromatic nitrogens is 2. The maximum atomic E-state index is 12.6. The van der Waals surface area contributed by atoms with E-state index in [4.69, 9.17) is 0 Å². The summed E-state index contributed by atoms with van der Waals surface area (Å²) in [5, 5.41) is 3.72. The molecule has 5 heteroatoms. The summed E-state index contributed by atoms with van der Waals surface area (Å²) in [5.74, 6) is 0.134. The summed E-state index contributed by atoms with van der Waals surface area (Å²) in [6.45, 7) is 6.02. The number of fused-ring (bicyclic) bond motifs is 1. The second kappa shape index (κ2) is 6.18. The second-order valence-corrected chi connectivity index (χ2v) is 7.47. The summed E-state index contributed by atoms with van der Waals surface area (Å²) < 4.78 is 0. The minimum atomic E-state index is -0.180. The lowest BCUT2D eigenvalue weighted by Crippen LogP contribution is -2.14. The van der Waals surface area contributed by atoms with Crippen LogP contribution in [-0.4, -0.2) is 21.0 Å². The number of Topliss-reactive ketones (excluding diaryl/α,β-unsaturated/α-hetero) is 1. The highest BCUT2D eigenvalue weighted by Crippen LogP contribution is 2.31. The molecule has 0 amide bonds. The molecule has 3 aromatic rings. The highest BCUT2D eigenvalue weighted by molar-refractivity contribution is 8.00. The Bertz CT molecular complexity index is 842. The van der Waals surface area contributed by atoms with Crippen molar-refractivity contribution in [3.63, 3.8) is 0 Å². The number of carbonyl (C=O) groups excluding carboxylic acids is 1. The van der Waals surface area contributed by atoms with E-state index in [1.165, 1.54) is 17.3 Å². The molecule has 2 heterocycles. The smallest absolute Gasteiger partial charge is 0.175 e. The SMILES string of the molecule is Cc1ccc(C(=O)C(C)Sc2ncnc3sccc23)cc1C. The molecule has 2 aromatic heterocycles. The molecule has 1 unspecified atom stereocenters. The number of thioether (sulfide) groups is 1. The fourth-order valence-electron chi connectivity index (χ4n) is 2.21. The van der Waals surface area contributed by atoms with Crippen LogP contribution < -0.4 is 0 Å². The van der Waals surface area contributed by atoms with Gasteiger partial charge in [-0.3, -0.25) is 4.79 Å². The predicted molar refractivity (Wildman–Crippen MR) is 93.0 cm³/mol. The largest absolute Gasteiger partial charge is 0.293 e. The molecule has 3 rings (SSSR count). The maximum absolute atomic E-state index is 12.6. The molecular weight excluding hydrogens is 312 g/mol. The van der Waals surface area contributed by atoms with Crippen LogP contribution in [0.2, 0.25) is 0 Å². The van der Waals surface area contributed by atoms with Crippen molar-refractivity contribution in [2.75, 3.05) is 0 Å². The van der Waals surface area contributed by atoms with Gasteiger partial charge in [-0.05, 0) is 49.4 Å². The number of thiophene rings is 1. The Hall–Kier alpha value is -1.72. The van der Waals surface area contributed by atoms with Gasteiger partial charge in [0.1, 0.15) is 16.2 Å². The molecule has 0 aliphatic carbocycles. The molecule has 0 N–H and O–H groups in total. The molecule has 3 nitrogen and oxygen atoms in total. The Labute approximate surface area is 137 Å². The quantitative estimate of drug-likeness (QED) is 0.396. The van der Waals surface area contributed by atoms with Gasteiger partial charge >= 0.3 is 0 Å².